The second kappa shape index (κ2) is 9.82. The standard InChI is InChI=1S/C24H25ClN4O4/c1-30-21-13-17-19(14-22(21)32-9-2-6-29-7-11-31-12-8-29)26-15-27-24(17)28-23-16-5-10-33-20(16)4-3-18(23)25/h3-5,10,13-15H,2,6-9,11-12H2,1H3,(H,26,27,28). The average Bonchev–Trinajstić information content (AvgIpc) is 3.33. The van der Waals surface area contributed by atoms with Crippen molar-refractivity contribution in [1.82, 2.24) is 14.9 Å². The summed E-state index contributed by atoms with van der Waals surface area (Å²) in [5, 5.41) is 5.59. The third-order valence-electron chi connectivity index (χ3n) is 5.73. The van der Waals surface area contributed by atoms with Crippen LogP contribution >= 0.6 is 11.6 Å². The van der Waals surface area contributed by atoms with Gasteiger partial charge < -0.3 is 23.9 Å². The summed E-state index contributed by atoms with van der Waals surface area (Å²) in [6, 6.07) is 9.28. The van der Waals surface area contributed by atoms with Gasteiger partial charge in [-0.15, -0.1) is 0 Å². The molecule has 0 amide bonds. The molecule has 0 bridgehead atoms. The predicted octanol–water partition coefficient (Wildman–Crippen LogP) is 4.88. The van der Waals surface area contributed by atoms with E-state index in [1.807, 2.05) is 24.3 Å². The lowest BCUT2D eigenvalue weighted by molar-refractivity contribution is 0.0357. The van der Waals surface area contributed by atoms with Crippen LogP contribution in [0.4, 0.5) is 11.5 Å². The number of ether oxygens (including phenoxy) is 3. The van der Waals surface area contributed by atoms with Gasteiger partial charge >= 0.3 is 0 Å². The van der Waals surface area contributed by atoms with E-state index in [0.29, 0.717) is 28.9 Å². The van der Waals surface area contributed by atoms with E-state index in [-0.39, 0.29) is 0 Å². The number of anilines is 2. The van der Waals surface area contributed by atoms with Crippen LogP contribution in [0.25, 0.3) is 21.9 Å². The van der Waals surface area contributed by atoms with E-state index in [4.69, 9.17) is 30.2 Å². The maximum absolute atomic E-state index is 6.47. The van der Waals surface area contributed by atoms with Gasteiger partial charge in [-0.2, -0.15) is 0 Å². The molecule has 8 nitrogen and oxygen atoms in total. The lowest BCUT2D eigenvalue weighted by Gasteiger charge is -2.26. The number of nitrogens with zero attached hydrogens (tertiary/aromatic N) is 3. The van der Waals surface area contributed by atoms with Crippen LogP contribution in [0.5, 0.6) is 11.5 Å². The topological polar surface area (TPSA) is 81.9 Å². The second-order valence-corrected chi connectivity index (χ2v) is 8.19. The number of hydrogen-bond acceptors (Lipinski definition) is 8. The SMILES string of the molecule is COc1cc2c(Nc3c(Cl)ccc4occc34)ncnc2cc1OCCCN1CCOCC1. The van der Waals surface area contributed by atoms with E-state index in [0.717, 1.165) is 66.8 Å². The van der Waals surface area contributed by atoms with E-state index in [2.05, 4.69) is 20.2 Å². The maximum Gasteiger partial charge on any atom is 0.163 e. The first-order valence-electron chi connectivity index (χ1n) is 10.9. The number of aromatic nitrogens is 2. The van der Waals surface area contributed by atoms with Crippen molar-refractivity contribution >= 4 is 45.0 Å². The van der Waals surface area contributed by atoms with Crippen molar-refractivity contribution in [1.29, 1.82) is 0 Å². The Bertz CT molecular complexity index is 1260. The zero-order chi connectivity index (χ0) is 22.6. The molecule has 33 heavy (non-hydrogen) atoms. The van der Waals surface area contributed by atoms with Gasteiger partial charge in [0.2, 0.25) is 0 Å². The van der Waals surface area contributed by atoms with Crippen LogP contribution in [-0.2, 0) is 4.74 Å². The molecule has 0 spiro atoms. The summed E-state index contributed by atoms with van der Waals surface area (Å²) in [6.45, 7) is 5.12. The molecule has 0 atom stereocenters. The summed E-state index contributed by atoms with van der Waals surface area (Å²) in [7, 11) is 1.63. The Morgan fingerprint density at radius 1 is 1.09 bits per heavy atom. The Morgan fingerprint density at radius 3 is 2.82 bits per heavy atom. The smallest absolute Gasteiger partial charge is 0.163 e. The Labute approximate surface area is 196 Å². The minimum atomic E-state index is 0.572. The molecule has 9 heteroatoms. The van der Waals surface area contributed by atoms with Crippen LogP contribution in [0.2, 0.25) is 5.02 Å². The average molecular weight is 469 g/mol. The molecule has 3 heterocycles. The molecular weight excluding hydrogens is 444 g/mol. The zero-order valence-corrected chi connectivity index (χ0v) is 19.1. The van der Waals surface area contributed by atoms with Gasteiger partial charge in [-0.25, -0.2) is 9.97 Å². The monoisotopic (exact) mass is 468 g/mol. The van der Waals surface area contributed by atoms with Crippen LogP contribution in [-0.4, -0.2) is 61.4 Å². The van der Waals surface area contributed by atoms with E-state index in [1.165, 1.54) is 6.33 Å². The molecule has 0 aliphatic carbocycles. The molecular formula is C24H25ClN4O4. The summed E-state index contributed by atoms with van der Waals surface area (Å²) in [6.07, 6.45) is 4.07. The number of halogens is 1. The third-order valence-corrected chi connectivity index (χ3v) is 6.04. The van der Waals surface area contributed by atoms with Crippen LogP contribution in [0.15, 0.2) is 47.3 Å². The molecule has 0 saturated carbocycles. The van der Waals surface area contributed by atoms with E-state index in [9.17, 15) is 0 Å². The van der Waals surface area contributed by atoms with Gasteiger partial charge in [0.25, 0.3) is 0 Å². The van der Waals surface area contributed by atoms with Crippen molar-refractivity contribution < 1.29 is 18.6 Å². The largest absolute Gasteiger partial charge is 0.493 e. The van der Waals surface area contributed by atoms with E-state index < -0.39 is 0 Å². The van der Waals surface area contributed by atoms with Crippen molar-refractivity contribution in [3.05, 3.63) is 47.9 Å². The zero-order valence-electron chi connectivity index (χ0n) is 18.3. The van der Waals surface area contributed by atoms with Gasteiger partial charge in [0.05, 0.1) is 49.4 Å². The molecule has 1 saturated heterocycles. The van der Waals surface area contributed by atoms with Gasteiger partial charge in [0.15, 0.2) is 11.5 Å². The first kappa shape index (κ1) is 21.8. The normalized spacial score (nSPS) is 14.6. The molecule has 2 aromatic heterocycles. The summed E-state index contributed by atoms with van der Waals surface area (Å²) >= 11 is 6.47. The van der Waals surface area contributed by atoms with Gasteiger partial charge in [-0.1, -0.05) is 11.6 Å². The van der Waals surface area contributed by atoms with Gasteiger partial charge in [-0.3, -0.25) is 4.90 Å². The maximum atomic E-state index is 6.47. The number of methoxy groups -OCH3 is 1. The number of nitrogens with one attached hydrogen (secondary N) is 1. The molecule has 1 aliphatic rings. The van der Waals surface area contributed by atoms with Gasteiger partial charge in [0, 0.05) is 36.5 Å². The summed E-state index contributed by atoms with van der Waals surface area (Å²) in [5.41, 5.74) is 2.21. The van der Waals surface area contributed by atoms with Crippen molar-refractivity contribution in [2.45, 2.75) is 6.42 Å². The first-order valence-corrected chi connectivity index (χ1v) is 11.3. The van der Waals surface area contributed by atoms with E-state index >= 15 is 0 Å². The number of furan rings is 1. The lowest BCUT2D eigenvalue weighted by atomic mass is 10.2. The van der Waals surface area contributed by atoms with Crippen LogP contribution in [0.1, 0.15) is 6.42 Å². The second-order valence-electron chi connectivity index (χ2n) is 7.78. The molecule has 4 aromatic rings. The Hall–Kier alpha value is -3.07. The first-order chi connectivity index (χ1) is 16.2. The number of rotatable bonds is 8. The highest BCUT2D eigenvalue weighted by atomic mass is 35.5. The van der Waals surface area contributed by atoms with Gasteiger partial charge in [0.1, 0.15) is 17.7 Å². The summed E-state index contributed by atoms with van der Waals surface area (Å²) in [4.78, 5) is 11.3. The number of morpholine rings is 1. The fourth-order valence-corrected chi connectivity index (χ4v) is 4.21. The molecule has 1 N–H and O–H groups in total. The fourth-order valence-electron chi connectivity index (χ4n) is 3.99. The molecule has 0 unspecified atom stereocenters. The highest BCUT2D eigenvalue weighted by Crippen LogP contribution is 2.38. The number of fused-ring (bicyclic) bond motifs is 2. The highest BCUT2D eigenvalue weighted by Gasteiger charge is 2.15. The van der Waals surface area contributed by atoms with Crippen molar-refractivity contribution in [2.75, 3.05) is 51.9 Å². The minimum absolute atomic E-state index is 0.572. The lowest BCUT2D eigenvalue weighted by Crippen LogP contribution is -2.37. The summed E-state index contributed by atoms with van der Waals surface area (Å²) in [5.74, 6) is 1.90. The molecule has 1 fully saturated rings. The fraction of sp³-hybridized carbons (Fsp3) is 0.333. The molecule has 1 aliphatic heterocycles. The van der Waals surface area contributed by atoms with Crippen LogP contribution in [0.3, 0.4) is 0 Å². The van der Waals surface area contributed by atoms with Crippen molar-refractivity contribution in [3.63, 3.8) is 0 Å². The van der Waals surface area contributed by atoms with Gasteiger partial charge in [-0.05, 0) is 30.7 Å². The minimum Gasteiger partial charge on any atom is -0.493 e. The Morgan fingerprint density at radius 2 is 1.97 bits per heavy atom. The summed E-state index contributed by atoms with van der Waals surface area (Å²) < 4.78 is 22.6. The molecule has 5 rings (SSSR count). The molecule has 0 radical (unpaired) electrons. The third kappa shape index (κ3) is 4.68. The Balaban J connectivity index is 1.37. The highest BCUT2D eigenvalue weighted by molar-refractivity contribution is 6.35. The number of hydrogen-bond donors (Lipinski definition) is 1. The molecule has 2 aromatic carbocycles. The van der Waals surface area contributed by atoms with E-state index in [1.54, 1.807) is 19.4 Å². The molecule has 172 valence electrons. The predicted molar refractivity (Wildman–Crippen MR) is 128 cm³/mol. The van der Waals surface area contributed by atoms with Crippen LogP contribution in [0, 0.1) is 0 Å². The van der Waals surface area contributed by atoms with Crippen LogP contribution < -0.4 is 14.8 Å². The van der Waals surface area contributed by atoms with Crippen molar-refractivity contribution in [2.24, 2.45) is 0 Å². The number of benzene rings is 2. The van der Waals surface area contributed by atoms with Crippen molar-refractivity contribution in [3.8, 4) is 11.5 Å². The quantitative estimate of drug-likeness (QED) is 0.366. The Kier molecular flexibility index (Phi) is 6.48.